The Morgan fingerprint density at radius 3 is 2.76 bits per heavy atom. The summed E-state index contributed by atoms with van der Waals surface area (Å²) in [5.74, 6) is 1.51. The van der Waals surface area contributed by atoms with Gasteiger partial charge in [-0.15, -0.1) is 0 Å². The summed E-state index contributed by atoms with van der Waals surface area (Å²) in [4.78, 5) is 20.9. The zero-order valence-corrected chi connectivity index (χ0v) is 16.7. The van der Waals surface area contributed by atoms with E-state index in [2.05, 4.69) is 50.0 Å². The molecule has 7 nitrogen and oxygen atoms in total. The van der Waals surface area contributed by atoms with Crippen LogP contribution in [0, 0.1) is 5.92 Å². The lowest BCUT2D eigenvalue weighted by molar-refractivity contribution is -0.122. The zero-order valence-electron chi connectivity index (χ0n) is 16.7. The minimum absolute atomic E-state index is 0.145. The van der Waals surface area contributed by atoms with Crippen molar-refractivity contribution in [1.29, 1.82) is 0 Å². The Balaban J connectivity index is 1.30. The highest BCUT2D eigenvalue weighted by molar-refractivity contribution is 5.86. The van der Waals surface area contributed by atoms with Crippen LogP contribution in [-0.4, -0.2) is 38.7 Å². The standard InChI is InChI=1S/C22H28N6O/c29-20(14-18-8-4-5-9-18)23-12-13-28-22-19(15-27-28)21(25-16-26-22)24-11-10-17-6-2-1-3-7-17/h1-3,6-7,15-16,18H,4-5,8-14H2,(H,23,29)(H,24,25,26). The van der Waals surface area contributed by atoms with E-state index >= 15 is 0 Å². The second-order valence-electron chi connectivity index (χ2n) is 7.69. The van der Waals surface area contributed by atoms with Gasteiger partial charge < -0.3 is 10.6 Å². The van der Waals surface area contributed by atoms with Gasteiger partial charge in [0.15, 0.2) is 5.65 Å². The number of nitrogens with one attached hydrogen (secondary N) is 2. The molecule has 0 saturated heterocycles. The molecule has 2 aromatic heterocycles. The summed E-state index contributed by atoms with van der Waals surface area (Å²) in [6.07, 6.45) is 9.83. The molecular weight excluding hydrogens is 364 g/mol. The Bertz CT molecular complexity index is 933. The van der Waals surface area contributed by atoms with Gasteiger partial charge in [0, 0.05) is 19.5 Å². The van der Waals surface area contributed by atoms with E-state index in [1.807, 2.05) is 10.7 Å². The van der Waals surface area contributed by atoms with Crippen LogP contribution < -0.4 is 10.6 Å². The largest absolute Gasteiger partial charge is 0.369 e. The summed E-state index contributed by atoms with van der Waals surface area (Å²) in [7, 11) is 0. The van der Waals surface area contributed by atoms with Crippen molar-refractivity contribution in [3.63, 3.8) is 0 Å². The Hall–Kier alpha value is -2.96. The van der Waals surface area contributed by atoms with Crippen molar-refractivity contribution < 1.29 is 4.79 Å². The maximum Gasteiger partial charge on any atom is 0.220 e. The topological polar surface area (TPSA) is 84.7 Å². The maximum absolute atomic E-state index is 12.1. The van der Waals surface area contributed by atoms with Crippen molar-refractivity contribution in [3.05, 3.63) is 48.4 Å². The zero-order chi connectivity index (χ0) is 19.9. The van der Waals surface area contributed by atoms with Crippen molar-refractivity contribution in [2.75, 3.05) is 18.4 Å². The first-order chi connectivity index (χ1) is 14.3. The molecule has 152 valence electrons. The van der Waals surface area contributed by atoms with Gasteiger partial charge in [0.2, 0.25) is 5.91 Å². The van der Waals surface area contributed by atoms with Crippen LogP contribution >= 0.6 is 0 Å². The van der Waals surface area contributed by atoms with Crippen LogP contribution in [0.2, 0.25) is 0 Å². The van der Waals surface area contributed by atoms with E-state index in [1.54, 1.807) is 12.5 Å². The fourth-order valence-corrected chi connectivity index (χ4v) is 4.02. The van der Waals surface area contributed by atoms with Crippen molar-refractivity contribution in [2.24, 2.45) is 5.92 Å². The molecule has 0 atom stereocenters. The van der Waals surface area contributed by atoms with Gasteiger partial charge >= 0.3 is 0 Å². The number of rotatable bonds is 9. The van der Waals surface area contributed by atoms with Gasteiger partial charge in [0.05, 0.1) is 18.1 Å². The van der Waals surface area contributed by atoms with Gasteiger partial charge in [-0.3, -0.25) is 4.79 Å². The normalized spacial score (nSPS) is 14.3. The van der Waals surface area contributed by atoms with E-state index in [-0.39, 0.29) is 5.91 Å². The van der Waals surface area contributed by atoms with E-state index in [0.717, 1.165) is 29.8 Å². The molecule has 3 aromatic rings. The lowest BCUT2D eigenvalue weighted by Gasteiger charge is -2.10. The molecule has 1 fully saturated rings. The van der Waals surface area contributed by atoms with Gasteiger partial charge in [-0.25, -0.2) is 14.6 Å². The summed E-state index contributed by atoms with van der Waals surface area (Å²) in [5, 5.41) is 11.8. The molecule has 4 rings (SSSR count). The first-order valence-electron chi connectivity index (χ1n) is 10.5. The smallest absolute Gasteiger partial charge is 0.220 e. The molecule has 1 saturated carbocycles. The van der Waals surface area contributed by atoms with Crippen LogP contribution in [-0.2, 0) is 17.8 Å². The van der Waals surface area contributed by atoms with E-state index in [1.165, 1.54) is 31.2 Å². The Labute approximate surface area is 170 Å². The third-order valence-electron chi connectivity index (χ3n) is 5.58. The fourth-order valence-electron chi connectivity index (χ4n) is 4.02. The first-order valence-corrected chi connectivity index (χ1v) is 10.5. The van der Waals surface area contributed by atoms with Crippen LogP contribution in [0.3, 0.4) is 0 Å². The Kier molecular flexibility index (Phi) is 6.34. The molecule has 1 aliphatic rings. The minimum atomic E-state index is 0.145. The van der Waals surface area contributed by atoms with Gasteiger partial charge in [-0.2, -0.15) is 5.10 Å². The molecule has 0 bridgehead atoms. The second kappa shape index (κ2) is 9.49. The number of hydrogen-bond acceptors (Lipinski definition) is 5. The average Bonchev–Trinajstić information content (AvgIpc) is 3.39. The molecule has 0 spiro atoms. The molecule has 1 aromatic carbocycles. The fraction of sp³-hybridized carbons (Fsp3) is 0.455. The van der Waals surface area contributed by atoms with Crippen LogP contribution in [0.25, 0.3) is 11.0 Å². The predicted octanol–water partition coefficient (Wildman–Crippen LogP) is 3.18. The number of benzene rings is 1. The highest BCUT2D eigenvalue weighted by atomic mass is 16.1. The summed E-state index contributed by atoms with van der Waals surface area (Å²) in [5.41, 5.74) is 2.07. The number of anilines is 1. The third kappa shape index (κ3) is 5.10. The average molecular weight is 393 g/mol. The quantitative estimate of drug-likeness (QED) is 0.584. The van der Waals surface area contributed by atoms with Crippen molar-refractivity contribution in [2.45, 2.75) is 45.1 Å². The highest BCUT2D eigenvalue weighted by Crippen LogP contribution is 2.27. The van der Waals surface area contributed by atoms with Crippen molar-refractivity contribution in [3.8, 4) is 0 Å². The molecule has 29 heavy (non-hydrogen) atoms. The SMILES string of the molecule is O=C(CC1CCCC1)NCCn1ncc2c(NCCc3ccccc3)ncnc21. The predicted molar refractivity (Wildman–Crippen MR) is 114 cm³/mol. The molecule has 1 aliphatic carbocycles. The second-order valence-corrected chi connectivity index (χ2v) is 7.69. The lowest BCUT2D eigenvalue weighted by Crippen LogP contribution is -2.28. The molecule has 0 radical (unpaired) electrons. The van der Waals surface area contributed by atoms with Crippen molar-refractivity contribution in [1.82, 2.24) is 25.1 Å². The van der Waals surface area contributed by atoms with E-state index in [4.69, 9.17) is 0 Å². The number of hydrogen-bond donors (Lipinski definition) is 2. The molecule has 0 aliphatic heterocycles. The summed E-state index contributed by atoms with van der Waals surface area (Å²) < 4.78 is 1.83. The van der Waals surface area contributed by atoms with Crippen LogP contribution in [0.1, 0.15) is 37.7 Å². The number of nitrogens with zero attached hydrogens (tertiary/aromatic N) is 4. The van der Waals surface area contributed by atoms with Gasteiger partial charge in [-0.1, -0.05) is 43.2 Å². The molecule has 7 heteroatoms. The van der Waals surface area contributed by atoms with Gasteiger partial charge in [0.1, 0.15) is 12.1 Å². The number of amides is 1. The van der Waals surface area contributed by atoms with Crippen LogP contribution in [0.5, 0.6) is 0 Å². The van der Waals surface area contributed by atoms with Crippen molar-refractivity contribution >= 4 is 22.8 Å². The van der Waals surface area contributed by atoms with Crippen LogP contribution in [0.15, 0.2) is 42.9 Å². The van der Waals surface area contributed by atoms with E-state index in [0.29, 0.717) is 25.4 Å². The number of carbonyl (C=O) groups excluding carboxylic acids is 1. The Morgan fingerprint density at radius 2 is 1.93 bits per heavy atom. The monoisotopic (exact) mass is 392 g/mol. The maximum atomic E-state index is 12.1. The first kappa shape index (κ1) is 19.4. The molecule has 2 N–H and O–H groups in total. The minimum Gasteiger partial charge on any atom is -0.369 e. The van der Waals surface area contributed by atoms with Crippen LogP contribution in [0.4, 0.5) is 5.82 Å². The van der Waals surface area contributed by atoms with Gasteiger partial charge in [0.25, 0.3) is 0 Å². The highest BCUT2D eigenvalue weighted by Gasteiger charge is 2.18. The lowest BCUT2D eigenvalue weighted by atomic mass is 10.0. The summed E-state index contributed by atoms with van der Waals surface area (Å²) in [6.45, 7) is 1.95. The van der Waals surface area contributed by atoms with E-state index < -0.39 is 0 Å². The number of fused-ring (bicyclic) bond motifs is 1. The summed E-state index contributed by atoms with van der Waals surface area (Å²) in [6, 6.07) is 10.4. The molecule has 2 heterocycles. The third-order valence-corrected chi connectivity index (χ3v) is 5.58. The van der Waals surface area contributed by atoms with E-state index in [9.17, 15) is 4.79 Å². The summed E-state index contributed by atoms with van der Waals surface area (Å²) >= 11 is 0. The Morgan fingerprint density at radius 1 is 1.10 bits per heavy atom. The molecule has 1 amide bonds. The molecular formula is C22H28N6O. The number of aromatic nitrogens is 4. The number of carbonyl (C=O) groups is 1. The molecule has 0 unspecified atom stereocenters. The van der Waals surface area contributed by atoms with Gasteiger partial charge in [-0.05, 0) is 30.7 Å².